The van der Waals surface area contributed by atoms with E-state index in [0.29, 0.717) is 5.82 Å². The number of nitrogens with zero attached hydrogens (tertiary/aromatic N) is 3. The van der Waals surface area contributed by atoms with E-state index in [0.717, 1.165) is 12.1 Å². The molecular weight excluding hydrogens is 315 g/mol. The fourth-order valence-corrected chi connectivity index (χ4v) is 2.76. The molecule has 1 aromatic carbocycles. The van der Waals surface area contributed by atoms with Gasteiger partial charge in [-0.05, 0) is 24.6 Å². The number of carboxylic acid groups (broad SMARTS) is 1. The highest BCUT2D eigenvalue weighted by Crippen LogP contribution is 2.19. The van der Waals surface area contributed by atoms with Gasteiger partial charge in [0.2, 0.25) is 10.0 Å². The Morgan fingerprint density at radius 1 is 1.45 bits per heavy atom. The van der Waals surface area contributed by atoms with E-state index in [1.54, 1.807) is 7.05 Å². The topological polar surface area (TPSA) is 114 Å². The highest BCUT2D eigenvalue weighted by Gasteiger charge is 2.21. The quantitative estimate of drug-likeness (QED) is 0.823. The van der Waals surface area contributed by atoms with Gasteiger partial charge in [-0.2, -0.15) is 0 Å². The molecule has 10 heteroatoms. The van der Waals surface area contributed by atoms with Gasteiger partial charge < -0.3 is 9.67 Å². The van der Waals surface area contributed by atoms with Gasteiger partial charge in [-0.15, -0.1) is 10.2 Å². The summed E-state index contributed by atoms with van der Waals surface area (Å²) in [4.78, 5) is 10.6. The number of aromatic nitrogens is 3. The number of carbonyl (C=O) groups is 1. The van der Waals surface area contributed by atoms with Crippen molar-refractivity contribution in [3.8, 4) is 0 Å². The zero-order valence-corrected chi connectivity index (χ0v) is 12.6. The molecule has 0 bridgehead atoms. The molecular formula is C12H13FN4O4S. The molecule has 2 N–H and O–H groups in total. The van der Waals surface area contributed by atoms with E-state index in [1.807, 2.05) is 0 Å². The lowest BCUT2D eigenvalue weighted by molar-refractivity contribution is 0.0695. The Balaban J connectivity index is 2.33. The number of hydrogen-bond acceptors (Lipinski definition) is 5. The number of rotatable bonds is 5. The van der Waals surface area contributed by atoms with E-state index in [-0.39, 0.29) is 12.1 Å². The van der Waals surface area contributed by atoms with Gasteiger partial charge >= 0.3 is 5.97 Å². The van der Waals surface area contributed by atoms with E-state index in [4.69, 9.17) is 5.11 Å². The first-order valence-electron chi connectivity index (χ1n) is 6.08. The maximum absolute atomic E-state index is 13.7. The van der Waals surface area contributed by atoms with E-state index >= 15 is 0 Å². The Kier molecular flexibility index (Phi) is 4.24. The predicted octanol–water partition coefficient (Wildman–Crippen LogP) is 0.439. The SMILES string of the molecule is Cc1c(F)cc(S(=O)(=O)NCc2nncn2C)cc1C(=O)O. The molecule has 118 valence electrons. The van der Waals surface area contributed by atoms with Crippen LogP contribution in [-0.4, -0.2) is 34.3 Å². The van der Waals surface area contributed by atoms with Crippen LogP contribution in [0.5, 0.6) is 0 Å². The molecule has 0 aliphatic carbocycles. The normalized spacial score (nSPS) is 11.6. The van der Waals surface area contributed by atoms with Crippen molar-refractivity contribution in [3.05, 3.63) is 41.2 Å². The van der Waals surface area contributed by atoms with Gasteiger partial charge in [-0.3, -0.25) is 0 Å². The van der Waals surface area contributed by atoms with Crippen LogP contribution in [-0.2, 0) is 23.6 Å². The van der Waals surface area contributed by atoms with Crippen molar-refractivity contribution >= 4 is 16.0 Å². The van der Waals surface area contributed by atoms with Crippen molar-refractivity contribution in [2.24, 2.45) is 7.05 Å². The van der Waals surface area contributed by atoms with Gasteiger partial charge in [0.25, 0.3) is 0 Å². The molecule has 0 amide bonds. The molecule has 0 spiro atoms. The first-order valence-corrected chi connectivity index (χ1v) is 7.56. The van der Waals surface area contributed by atoms with Crippen molar-refractivity contribution in [3.63, 3.8) is 0 Å². The molecule has 0 atom stereocenters. The maximum Gasteiger partial charge on any atom is 0.336 e. The fraction of sp³-hybridized carbons (Fsp3) is 0.250. The highest BCUT2D eigenvalue weighted by atomic mass is 32.2. The van der Waals surface area contributed by atoms with Crippen LogP contribution >= 0.6 is 0 Å². The van der Waals surface area contributed by atoms with Crippen LogP contribution in [0.25, 0.3) is 0 Å². The number of carboxylic acids is 1. The van der Waals surface area contributed by atoms with E-state index < -0.39 is 32.3 Å². The number of hydrogen-bond donors (Lipinski definition) is 2. The molecule has 1 heterocycles. The first kappa shape index (κ1) is 16.0. The van der Waals surface area contributed by atoms with Crippen LogP contribution in [0.4, 0.5) is 4.39 Å². The van der Waals surface area contributed by atoms with Gasteiger partial charge in [0, 0.05) is 7.05 Å². The van der Waals surface area contributed by atoms with Crippen LogP contribution in [0.15, 0.2) is 23.4 Å². The van der Waals surface area contributed by atoms with E-state index in [9.17, 15) is 17.6 Å². The summed E-state index contributed by atoms with van der Waals surface area (Å²) in [6.07, 6.45) is 1.40. The zero-order valence-electron chi connectivity index (χ0n) is 11.7. The van der Waals surface area contributed by atoms with Gasteiger partial charge in [0.05, 0.1) is 17.0 Å². The van der Waals surface area contributed by atoms with E-state index in [2.05, 4.69) is 14.9 Å². The fourth-order valence-electron chi connectivity index (χ4n) is 1.74. The summed E-state index contributed by atoms with van der Waals surface area (Å²) in [6.45, 7) is 1.11. The monoisotopic (exact) mass is 328 g/mol. The summed E-state index contributed by atoms with van der Waals surface area (Å²) in [5.41, 5.74) is -0.529. The molecule has 1 aromatic heterocycles. The Bertz CT molecular complexity index is 832. The van der Waals surface area contributed by atoms with Gasteiger partial charge in [-0.1, -0.05) is 0 Å². The summed E-state index contributed by atoms with van der Waals surface area (Å²) < 4.78 is 41.8. The number of benzene rings is 1. The second-order valence-corrected chi connectivity index (χ2v) is 6.33. The third-order valence-corrected chi connectivity index (χ3v) is 4.46. The average molecular weight is 328 g/mol. The minimum Gasteiger partial charge on any atom is -0.478 e. The third kappa shape index (κ3) is 3.12. The first-order chi connectivity index (χ1) is 10.2. The highest BCUT2D eigenvalue weighted by molar-refractivity contribution is 7.89. The van der Waals surface area contributed by atoms with Crippen LogP contribution in [0.3, 0.4) is 0 Å². The molecule has 0 aliphatic rings. The predicted molar refractivity (Wildman–Crippen MR) is 73.1 cm³/mol. The van der Waals surface area contributed by atoms with E-state index in [1.165, 1.54) is 17.8 Å². The van der Waals surface area contributed by atoms with Crippen LogP contribution in [0, 0.1) is 12.7 Å². The Morgan fingerprint density at radius 2 is 2.14 bits per heavy atom. The molecule has 0 radical (unpaired) electrons. The lowest BCUT2D eigenvalue weighted by Crippen LogP contribution is -2.25. The van der Waals surface area contributed by atoms with Crippen molar-refractivity contribution < 1.29 is 22.7 Å². The van der Waals surface area contributed by atoms with Crippen molar-refractivity contribution in [1.29, 1.82) is 0 Å². The Labute approximate surface area is 125 Å². The number of halogens is 1. The van der Waals surface area contributed by atoms with Crippen LogP contribution in [0.1, 0.15) is 21.7 Å². The van der Waals surface area contributed by atoms with Crippen LogP contribution < -0.4 is 4.72 Å². The standard InChI is InChI=1S/C12H13FN4O4S/c1-7-9(12(18)19)3-8(4-10(7)13)22(20,21)15-5-11-16-14-6-17(11)2/h3-4,6,15H,5H2,1-2H3,(H,18,19). The molecule has 22 heavy (non-hydrogen) atoms. The second kappa shape index (κ2) is 5.81. The van der Waals surface area contributed by atoms with Crippen molar-refractivity contribution in [1.82, 2.24) is 19.5 Å². The van der Waals surface area contributed by atoms with Gasteiger partial charge in [0.15, 0.2) is 0 Å². The molecule has 0 aliphatic heterocycles. The number of aryl methyl sites for hydroxylation is 1. The molecule has 0 unspecified atom stereocenters. The molecule has 0 fully saturated rings. The Hall–Kier alpha value is -2.33. The maximum atomic E-state index is 13.7. The number of nitrogens with one attached hydrogen (secondary N) is 1. The lowest BCUT2D eigenvalue weighted by Gasteiger charge is -2.09. The van der Waals surface area contributed by atoms with Crippen molar-refractivity contribution in [2.75, 3.05) is 0 Å². The minimum absolute atomic E-state index is 0.125. The molecule has 2 aromatic rings. The number of aromatic carboxylic acids is 1. The third-order valence-electron chi connectivity index (χ3n) is 3.08. The molecule has 8 nitrogen and oxygen atoms in total. The van der Waals surface area contributed by atoms with Gasteiger partial charge in [0.1, 0.15) is 18.0 Å². The molecule has 2 rings (SSSR count). The lowest BCUT2D eigenvalue weighted by atomic mass is 10.1. The summed E-state index contributed by atoms with van der Waals surface area (Å²) in [5.74, 6) is -1.95. The summed E-state index contributed by atoms with van der Waals surface area (Å²) in [5, 5.41) is 16.3. The summed E-state index contributed by atoms with van der Waals surface area (Å²) in [7, 11) is -2.45. The number of sulfonamides is 1. The largest absolute Gasteiger partial charge is 0.478 e. The summed E-state index contributed by atoms with van der Waals surface area (Å²) in [6, 6.07) is 1.69. The minimum atomic E-state index is -4.08. The molecule has 0 saturated heterocycles. The zero-order chi connectivity index (χ0) is 16.5. The average Bonchev–Trinajstić information content (AvgIpc) is 2.84. The second-order valence-electron chi connectivity index (χ2n) is 4.57. The van der Waals surface area contributed by atoms with Crippen molar-refractivity contribution in [2.45, 2.75) is 18.4 Å². The smallest absolute Gasteiger partial charge is 0.336 e. The Morgan fingerprint density at radius 3 is 2.68 bits per heavy atom. The van der Waals surface area contributed by atoms with Gasteiger partial charge in [-0.25, -0.2) is 22.3 Å². The van der Waals surface area contributed by atoms with Crippen LogP contribution in [0.2, 0.25) is 0 Å². The summed E-state index contributed by atoms with van der Waals surface area (Å²) >= 11 is 0. The molecule has 0 saturated carbocycles.